The van der Waals surface area contributed by atoms with Gasteiger partial charge < -0.3 is 4.90 Å². The van der Waals surface area contributed by atoms with Crippen LogP contribution in [-0.4, -0.2) is 65.9 Å². The average molecular weight is 370 g/mol. The minimum atomic E-state index is 0.252. The smallest absolute Gasteiger partial charge is 0.226 e. The summed E-state index contributed by atoms with van der Waals surface area (Å²) in [5.74, 6) is 0.691. The summed E-state index contributed by atoms with van der Waals surface area (Å²) in [6.45, 7) is 9.75. The molecule has 27 heavy (non-hydrogen) atoms. The van der Waals surface area contributed by atoms with E-state index < -0.39 is 0 Å². The van der Waals surface area contributed by atoms with Crippen LogP contribution in [0.2, 0.25) is 0 Å². The van der Waals surface area contributed by atoms with Gasteiger partial charge in [0.25, 0.3) is 0 Å². The molecular formula is C23H35N3O. The second-order valence-electron chi connectivity index (χ2n) is 8.86. The van der Waals surface area contributed by atoms with E-state index in [1.165, 1.54) is 62.9 Å². The van der Waals surface area contributed by atoms with Crippen molar-refractivity contribution in [2.45, 2.75) is 58.0 Å². The van der Waals surface area contributed by atoms with Gasteiger partial charge in [-0.25, -0.2) is 0 Å². The summed E-state index contributed by atoms with van der Waals surface area (Å²) in [5.41, 5.74) is 2.76. The molecule has 1 unspecified atom stereocenters. The summed E-state index contributed by atoms with van der Waals surface area (Å²) in [7, 11) is 0. The van der Waals surface area contributed by atoms with Crippen LogP contribution in [0.25, 0.3) is 0 Å². The molecule has 4 rings (SSSR count). The first-order valence-electron chi connectivity index (χ1n) is 11.0. The van der Waals surface area contributed by atoms with E-state index in [-0.39, 0.29) is 5.92 Å². The van der Waals surface area contributed by atoms with Gasteiger partial charge in [-0.2, -0.15) is 0 Å². The zero-order valence-electron chi connectivity index (χ0n) is 16.9. The molecule has 1 aromatic carbocycles. The second kappa shape index (κ2) is 8.74. The quantitative estimate of drug-likeness (QED) is 0.815. The Hall–Kier alpha value is -1.39. The van der Waals surface area contributed by atoms with Crippen LogP contribution in [0.4, 0.5) is 0 Å². The number of hydrogen-bond acceptors (Lipinski definition) is 3. The Morgan fingerprint density at radius 3 is 2.33 bits per heavy atom. The molecule has 1 amide bonds. The molecule has 0 bridgehead atoms. The highest BCUT2D eigenvalue weighted by atomic mass is 16.2. The first kappa shape index (κ1) is 18.9. The Balaban J connectivity index is 1.26. The SMILES string of the molecule is Cc1ccc(CN2CCC(N3CCCC(C(=O)N4CCCC4)C3)CC2)cc1. The molecule has 0 radical (unpaired) electrons. The van der Waals surface area contributed by atoms with Crippen LogP contribution in [0.1, 0.15) is 49.7 Å². The molecule has 0 aromatic heterocycles. The van der Waals surface area contributed by atoms with Crippen LogP contribution in [0.5, 0.6) is 0 Å². The maximum atomic E-state index is 12.8. The number of nitrogens with zero attached hydrogens (tertiary/aromatic N) is 3. The van der Waals surface area contributed by atoms with Gasteiger partial charge in [0, 0.05) is 32.2 Å². The van der Waals surface area contributed by atoms with E-state index in [2.05, 4.69) is 45.9 Å². The maximum absolute atomic E-state index is 12.8. The van der Waals surface area contributed by atoms with Crippen molar-refractivity contribution < 1.29 is 4.79 Å². The molecule has 1 atom stereocenters. The van der Waals surface area contributed by atoms with Crippen LogP contribution in [-0.2, 0) is 11.3 Å². The Labute approximate surface area is 164 Å². The van der Waals surface area contributed by atoms with Crippen LogP contribution in [0.15, 0.2) is 24.3 Å². The van der Waals surface area contributed by atoms with Gasteiger partial charge in [-0.15, -0.1) is 0 Å². The normalized spacial score (nSPS) is 25.8. The van der Waals surface area contributed by atoms with Crippen molar-refractivity contribution in [3.63, 3.8) is 0 Å². The summed E-state index contributed by atoms with van der Waals surface area (Å²) < 4.78 is 0. The highest BCUT2D eigenvalue weighted by Crippen LogP contribution is 2.26. The van der Waals surface area contributed by atoms with E-state index in [4.69, 9.17) is 0 Å². The molecule has 4 nitrogen and oxygen atoms in total. The van der Waals surface area contributed by atoms with E-state index in [9.17, 15) is 4.79 Å². The fourth-order valence-electron chi connectivity index (χ4n) is 5.13. The summed E-state index contributed by atoms with van der Waals surface area (Å²) in [5, 5.41) is 0. The molecule has 4 heteroatoms. The van der Waals surface area contributed by atoms with E-state index >= 15 is 0 Å². The molecule has 3 heterocycles. The van der Waals surface area contributed by atoms with Crippen molar-refractivity contribution in [2.75, 3.05) is 39.3 Å². The minimum Gasteiger partial charge on any atom is -0.342 e. The van der Waals surface area contributed by atoms with Crippen LogP contribution in [0.3, 0.4) is 0 Å². The number of benzene rings is 1. The van der Waals surface area contributed by atoms with Crippen molar-refractivity contribution in [3.8, 4) is 0 Å². The van der Waals surface area contributed by atoms with E-state index in [0.29, 0.717) is 11.9 Å². The number of rotatable bonds is 4. The zero-order chi connectivity index (χ0) is 18.6. The lowest BCUT2D eigenvalue weighted by atomic mass is 9.93. The van der Waals surface area contributed by atoms with E-state index in [0.717, 1.165) is 32.6 Å². The van der Waals surface area contributed by atoms with Crippen molar-refractivity contribution in [1.82, 2.24) is 14.7 Å². The van der Waals surface area contributed by atoms with Gasteiger partial charge >= 0.3 is 0 Å². The molecule has 3 aliphatic rings. The summed E-state index contributed by atoms with van der Waals surface area (Å²) in [6.07, 6.45) is 7.17. The molecule has 3 aliphatic heterocycles. The predicted octanol–water partition coefficient (Wildman–Crippen LogP) is 3.29. The molecule has 3 fully saturated rings. The topological polar surface area (TPSA) is 26.8 Å². The minimum absolute atomic E-state index is 0.252. The van der Waals surface area contributed by atoms with Crippen molar-refractivity contribution in [3.05, 3.63) is 35.4 Å². The van der Waals surface area contributed by atoms with Gasteiger partial charge in [0.1, 0.15) is 0 Å². The number of aryl methyl sites for hydroxylation is 1. The molecule has 1 aromatic rings. The monoisotopic (exact) mass is 369 g/mol. The zero-order valence-corrected chi connectivity index (χ0v) is 16.9. The van der Waals surface area contributed by atoms with Gasteiger partial charge in [-0.3, -0.25) is 14.6 Å². The Kier molecular flexibility index (Phi) is 6.14. The maximum Gasteiger partial charge on any atom is 0.226 e. The number of likely N-dealkylation sites (tertiary alicyclic amines) is 3. The molecule has 0 spiro atoms. The standard InChI is InChI=1S/C23H35N3O/c1-19-6-8-20(9-7-19)17-24-15-10-22(11-16-24)26-14-4-5-21(18-26)23(27)25-12-2-3-13-25/h6-9,21-22H,2-5,10-18H2,1H3. The van der Waals surface area contributed by atoms with Crippen molar-refractivity contribution >= 4 is 5.91 Å². The first-order valence-corrected chi connectivity index (χ1v) is 11.0. The summed E-state index contributed by atoms with van der Waals surface area (Å²) in [6, 6.07) is 9.63. The number of hydrogen-bond donors (Lipinski definition) is 0. The third-order valence-electron chi connectivity index (χ3n) is 6.82. The Morgan fingerprint density at radius 1 is 0.926 bits per heavy atom. The Bertz CT molecular complexity index is 615. The average Bonchev–Trinajstić information content (AvgIpc) is 3.25. The lowest BCUT2D eigenvalue weighted by molar-refractivity contribution is -0.136. The van der Waals surface area contributed by atoms with E-state index in [1.54, 1.807) is 0 Å². The van der Waals surface area contributed by atoms with Crippen LogP contribution >= 0.6 is 0 Å². The molecule has 0 aliphatic carbocycles. The highest BCUT2D eigenvalue weighted by Gasteiger charge is 2.34. The van der Waals surface area contributed by atoms with Crippen molar-refractivity contribution in [2.24, 2.45) is 5.92 Å². The lowest BCUT2D eigenvalue weighted by Crippen LogP contribution is -2.51. The largest absolute Gasteiger partial charge is 0.342 e. The molecular weight excluding hydrogens is 334 g/mol. The fourth-order valence-corrected chi connectivity index (χ4v) is 5.13. The second-order valence-corrected chi connectivity index (χ2v) is 8.86. The van der Waals surface area contributed by atoms with Gasteiger partial charge in [0.05, 0.1) is 5.92 Å². The van der Waals surface area contributed by atoms with E-state index in [1.807, 2.05) is 0 Å². The van der Waals surface area contributed by atoms with Gasteiger partial charge in [-0.1, -0.05) is 29.8 Å². The Morgan fingerprint density at radius 2 is 1.63 bits per heavy atom. The third kappa shape index (κ3) is 4.72. The molecule has 0 N–H and O–H groups in total. The van der Waals surface area contributed by atoms with Gasteiger partial charge in [0.15, 0.2) is 0 Å². The third-order valence-corrected chi connectivity index (χ3v) is 6.82. The fraction of sp³-hybridized carbons (Fsp3) is 0.696. The van der Waals surface area contributed by atoms with Crippen LogP contribution in [0, 0.1) is 12.8 Å². The number of amides is 1. The van der Waals surface area contributed by atoms with Crippen molar-refractivity contribution in [1.29, 1.82) is 0 Å². The molecule has 0 saturated carbocycles. The van der Waals surface area contributed by atoms with Crippen LogP contribution < -0.4 is 0 Å². The number of carbonyl (C=O) groups is 1. The number of carbonyl (C=O) groups excluding carboxylic acids is 1. The molecule has 3 saturated heterocycles. The first-order chi connectivity index (χ1) is 13.2. The molecule has 148 valence electrons. The highest BCUT2D eigenvalue weighted by molar-refractivity contribution is 5.79. The van der Waals surface area contributed by atoms with Gasteiger partial charge in [0.2, 0.25) is 5.91 Å². The summed E-state index contributed by atoms with van der Waals surface area (Å²) in [4.78, 5) is 20.2. The predicted molar refractivity (Wildman–Crippen MR) is 110 cm³/mol. The lowest BCUT2D eigenvalue weighted by Gasteiger charge is -2.42. The number of piperidine rings is 2. The van der Waals surface area contributed by atoms with Gasteiger partial charge in [-0.05, 0) is 70.6 Å². The summed E-state index contributed by atoms with van der Waals surface area (Å²) >= 11 is 0.